The number of benzene rings is 5. The van der Waals surface area contributed by atoms with Gasteiger partial charge in [-0.25, -0.2) is 0 Å². The summed E-state index contributed by atoms with van der Waals surface area (Å²) in [7, 11) is 0. The van der Waals surface area contributed by atoms with E-state index in [0.717, 1.165) is 0 Å². The second kappa shape index (κ2) is 26.4. The zero-order chi connectivity index (χ0) is 42.4. The molecule has 5 aromatic carbocycles. The minimum atomic E-state index is 0.489. The third-order valence-corrected chi connectivity index (χ3v) is 13.4. The maximum atomic E-state index is 2.64. The third-order valence-electron chi connectivity index (χ3n) is 13.4. The van der Waals surface area contributed by atoms with Crippen molar-refractivity contribution in [3.05, 3.63) is 131 Å². The summed E-state index contributed by atoms with van der Waals surface area (Å²) in [5, 5.41) is 0. The quantitative estimate of drug-likeness (QED) is 0.0442. The number of aryl methyl sites for hydroxylation is 2. The lowest BCUT2D eigenvalue weighted by Gasteiger charge is -2.24. The number of rotatable bonds is 28. The van der Waals surface area contributed by atoms with Gasteiger partial charge in [0.2, 0.25) is 0 Å². The van der Waals surface area contributed by atoms with Gasteiger partial charge in [0, 0.05) is 0 Å². The van der Waals surface area contributed by atoms with E-state index in [1.807, 2.05) is 0 Å². The molecule has 322 valence electrons. The summed E-state index contributed by atoms with van der Waals surface area (Å²) in [6.07, 6.45) is 29.4. The van der Waals surface area contributed by atoms with Crippen LogP contribution in [0.5, 0.6) is 0 Å². The minimum Gasteiger partial charge on any atom is -0.0654 e. The normalized spacial score (nSPS) is 12.5. The van der Waals surface area contributed by atoms with E-state index in [9.17, 15) is 0 Å². The van der Waals surface area contributed by atoms with Crippen LogP contribution >= 0.6 is 0 Å². The average molecular weight is 803 g/mol. The van der Waals surface area contributed by atoms with Crippen LogP contribution in [0, 0.1) is 6.92 Å². The Bertz CT molecular complexity index is 1890. The highest BCUT2D eigenvalue weighted by Crippen LogP contribution is 2.42. The molecule has 60 heavy (non-hydrogen) atoms. The fraction of sp³-hybridized carbons (Fsp3) is 0.500. The predicted octanol–water partition coefficient (Wildman–Crippen LogP) is 19.7. The van der Waals surface area contributed by atoms with Gasteiger partial charge in [-0.05, 0) is 118 Å². The molecule has 0 amide bonds. The molecule has 0 N–H and O–H groups in total. The second-order valence-electron chi connectivity index (χ2n) is 18.5. The van der Waals surface area contributed by atoms with Gasteiger partial charge in [-0.15, -0.1) is 0 Å². The molecule has 5 aromatic rings. The van der Waals surface area contributed by atoms with Crippen LogP contribution < -0.4 is 0 Å². The van der Waals surface area contributed by atoms with Crippen molar-refractivity contribution in [1.82, 2.24) is 0 Å². The van der Waals surface area contributed by atoms with Crippen molar-refractivity contribution in [2.45, 2.75) is 195 Å². The first-order chi connectivity index (χ1) is 29.4. The van der Waals surface area contributed by atoms with Gasteiger partial charge in [-0.1, -0.05) is 253 Å². The van der Waals surface area contributed by atoms with Crippen molar-refractivity contribution in [2.75, 3.05) is 0 Å². The third kappa shape index (κ3) is 14.9. The van der Waals surface area contributed by atoms with Gasteiger partial charge in [-0.2, -0.15) is 0 Å². The van der Waals surface area contributed by atoms with Gasteiger partial charge in [0.1, 0.15) is 0 Å². The monoisotopic (exact) mass is 803 g/mol. The number of hydrogen-bond donors (Lipinski definition) is 0. The maximum absolute atomic E-state index is 2.64. The Morgan fingerprint density at radius 2 is 0.633 bits per heavy atom. The summed E-state index contributed by atoms with van der Waals surface area (Å²) in [5.74, 6) is 0.977. The summed E-state index contributed by atoms with van der Waals surface area (Å²) in [6, 6.07) is 42.7. The van der Waals surface area contributed by atoms with Crippen LogP contribution in [0.15, 0.2) is 109 Å². The fourth-order valence-electron chi connectivity index (χ4n) is 9.30. The SMILES string of the molecule is CCCCCCCCCCC(C)c1cc(-c2ccc(-c3ccc(CCCCC)cc3)cc2)c(C(C)CCCCCCCCCC)cc1-c1ccc(-c2ccc(C)cc2)cc1. The fourth-order valence-corrected chi connectivity index (χ4v) is 9.30. The molecule has 0 aliphatic rings. The van der Waals surface area contributed by atoms with Gasteiger partial charge >= 0.3 is 0 Å². The molecule has 0 spiro atoms. The molecule has 0 aromatic heterocycles. The number of unbranched alkanes of at least 4 members (excludes halogenated alkanes) is 16. The highest BCUT2D eigenvalue weighted by atomic mass is 14.2. The number of hydrogen-bond acceptors (Lipinski definition) is 0. The molecule has 0 bridgehead atoms. The Kier molecular flexibility index (Phi) is 20.8. The van der Waals surface area contributed by atoms with Crippen molar-refractivity contribution in [1.29, 1.82) is 0 Å². The molecule has 0 aliphatic carbocycles. The molecule has 0 saturated carbocycles. The lowest BCUT2D eigenvalue weighted by molar-refractivity contribution is 0.542. The first kappa shape index (κ1) is 47.2. The van der Waals surface area contributed by atoms with Gasteiger partial charge < -0.3 is 0 Å². The van der Waals surface area contributed by atoms with Crippen LogP contribution in [0.25, 0.3) is 44.5 Å². The Balaban J connectivity index is 1.46. The van der Waals surface area contributed by atoms with E-state index in [1.165, 1.54) is 208 Å². The lowest BCUT2D eigenvalue weighted by Crippen LogP contribution is -2.04. The summed E-state index contributed by atoms with van der Waals surface area (Å²) in [6.45, 7) is 14.1. The predicted molar refractivity (Wildman–Crippen MR) is 267 cm³/mol. The summed E-state index contributed by atoms with van der Waals surface area (Å²) in [5.41, 5.74) is 16.6. The highest BCUT2D eigenvalue weighted by molar-refractivity contribution is 5.80. The molecule has 0 heterocycles. The summed E-state index contributed by atoms with van der Waals surface area (Å²) >= 11 is 0. The summed E-state index contributed by atoms with van der Waals surface area (Å²) in [4.78, 5) is 0. The Hall–Kier alpha value is -3.90. The zero-order valence-electron chi connectivity index (χ0n) is 39.1. The molecule has 0 aliphatic heterocycles. The van der Waals surface area contributed by atoms with Crippen LogP contribution in [0.4, 0.5) is 0 Å². The average Bonchev–Trinajstić information content (AvgIpc) is 3.28. The van der Waals surface area contributed by atoms with Gasteiger partial charge in [0.05, 0.1) is 0 Å². The van der Waals surface area contributed by atoms with E-state index in [2.05, 4.69) is 151 Å². The first-order valence-electron chi connectivity index (χ1n) is 25.0. The van der Waals surface area contributed by atoms with E-state index >= 15 is 0 Å². The van der Waals surface area contributed by atoms with Crippen molar-refractivity contribution in [2.24, 2.45) is 0 Å². The standard InChI is InChI=1S/C60H82/c1-7-10-13-15-17-19-21-24-26-48(5)57-46-60(56-43-39-54(40-44-56)52-35-31-50(32-36-52)28-23-12-9-3)58(49(6)27-25-22-20-18-16-14-11-8-2)45-59(57)55-41-37-53(38-42-55)51-33-29-47(4)30-34-51/h29-46,48-49H,7-28H2,1-6H3. The Labute approximate surface area is 369 Å². The largest absolute Gasteiger partial charge is 0.0654 e. The molecular formula is C60H82. The van der Waals surface area contributed by atoms with Gasteiger partial charge in [0.15, 0.2) is 0 Å². The second-order valence-corrected chi connectivity index (χ2v) is 18.5. The van der Waals surface area contributed by atoms with E-state index in [4.69, 9.17) is 0 Å². The Morgan fingerprint density at radius 3 is 1.02 bits per heavy atom. The Morgan fingerprint density at radius 1 is 0.333 bits per heavy atom. The highest BCUT2D eigenvalue weighted by Gasteiger charge is 2.21. The van der Waals surface area contributed by atoms with Crippen LogP contribution in [0.3, 0.4) is 0 Å². The van der Waals surface area contributed by atoms with Crippen molar-refractivity contribution >= 4 is 0 Å². The molecule has 2 atom stereocenters. The van der Waals surface area contributed by atoms with Crippen molar-refractivity contribution in [3.8, 4) is 44.5 Å². The molecule has 0 nitrogen and oxygen atoms in total. The van der Waals surface area contributed by atoms with E-state index in [-0.39, 0.29) is 0 Å². The molecule has 0 fully saturated rings. The van der Waals surface area contributed by atoms with Gasteiger partial charge in [-0.3, -0.25) is 0 Å². The molecule has 5 rings (SSSR count). The van der Waals surface area contributed by atoms with E-state index < -0.39 is 0 Å². The van der Waals surface area contributed by atoms with Crippen LogP contribution in [0.2, 0.25) is 0 Å². The minimum absolute atomic E-state index is 0.489. The van der Waals surface area contributed by atoms with Crippen molar-refractivity contribution in [3.63, 3.8) is 0 Å². The first-order valence-corrected chi connectivity index (χ1v) is 25.0. The van der Waals surface area contributed by atoms with Gasteiger partial charge in [0.25, 0.3) is 0 Å². The van der Waals surface area contributed by atoms with Crippen LogP contribution in [-0.4, -0.2) is 0 Å². The molecule has 0 saturated heterocycles. The zero-order valence-corrected chi connectivity index (χ0v) is 39.1. The topological polar surface area (TPSA) is 0 Å². The van der Waals surface area contributed by atoms with Crippen LogP contribution in [-0.2, 0) is 6.42 Å². The van der Waals surface area contributed by atoms with E-state index in [0.29, 0.717) is 11.8 Å². The smallest absolute Gasteiger partial charge is 0.0146 e. The maximum Gasteiger partial charge on any atom is -0.0146 e. The lowest BCUT2D eigenvalue weighted by atomic mass is 9.80. The molecule has 2 unspecified atom stereocenters. The molecule has 0 radical (unpaired) electrons. The van der Waals surface area contributed by atoms with Crippen molar-refractivity contribution < 1.29 is 0 Å². The molecular weight excluding hydrogens is 721 g/mol. The van der Waals surface area contributed by atoms with E-state index in [1.54, 1.807) is 0 Å². The van der Waals surface area contributed by atoms with Crippen LogP contribution in [0.1, 0.15) is 204 Å². The molecule has 0 heteroatoms. The summed E-state index contributed by atoms with van der Waals surface area (Å²) < 4.78 is 0.